The number of hydrogen-bond donors (Lipinski definition) is 1. The molecule has 0 atom stereocenters. The van der Waals surface area contributed by atoms with Gasteiger partial charge in [-0.3, -0.25) is 15.0 Å². The molecule has 0 saturated heterocycles. The van der Waals surface area contributed by atoms with Crippen LogP contribution in [0.5, 0.6) is 0 Å². The maximum atomic E-state index is 11.0. The van der Waals surface area contributed by atoms with Crippen molar-refractivity contribution < 1.29 is 4.92 Å². The highest BCUT2D eigenvalue weighted by Crippen LogP contribution is 2.25. The van der Waals surface area contributed by atoms with Gasteiger partial charge in [-0.2, -0.15) is 0 Å². The monoisotopic (exact) mass is 355 g/mol. The molecular weight excluding hydrogens is 337 g/mol. The number of nitrogens with zero attached hydrogens (tertiary/aromatic N) is 2. The summed E-state index contributed by atoms with van der Waals surface area (Å²) in [6.45, 7) is 2.58. The zero-order valence-electron chi connectivity index (χ0n) is 12.5. The smallest absolute Gasteiger partial charge is 0.288 e. The Kier molecular flexibility index (Phi) is 7.98. The van der Waals surface area contributed by atoms with Crippen LogP contribution in [0.15, 0.2) is 48.5 Å². The molecule has 124 valence electrons. The number of nitrogens with two attached hydrogens (primary N) is 1. The van der Waals surface area contributed by atoms with Gasteiger partial charge in [-0.05, 0) is 17.2 Å². The molecule has 0 radical (unpaired) electrons. The van der Waals surface area contributed by atoms with Crippen LogP contribution >= 0.6 is 24.0 Å². The van der Waals surface area contributed by atoms with Gasteiger partial charge < -0.3 is 5.73 Å². The van der Waals surface area contributed by atoms with E-state index in [4.69, 9.17) is 17.3 Å². The van der Waals surface area contributed by atoms with Crippen LogP contribution in [-0.4, -0.2) is 22.9 Å². The summed E-state index contributed by atoms with van der Waals surface area (Å²) in [4.78, 5) is 12.7. The third kappa shape index (κ3) is 5.80. The highest BCUT2D eigenvalue weighted by Gasteiger charge is 2.14. The number of halogens is 2. The molecule has 0 unspecified atom stereocenters. The summed E-state index contributed by atoms with van der Waals surface area (Å²) in [6, 6.07) is 15.0. The lowest BCUT2D eigenvalue weighted by molar-refractivity contribution is -0.384. The number of hydrogen-bond acceptors (Lipinski definition) is 4. The first-order chi connectivity index (χ1) is 10.6. The number of nitro benzene ring substituents is 1. The summed E-state index contributed by atoms with van der Waals surface area (Å²) in [6.07, 6.45) is 0. The summed E-state index contributed by atoms with van der Waals surface area (Å²) < 4.78 is 0. The van der Waals surface area contributed by atoms with Crippen molar-refractivity contribution >= 4 is 29.7 Å². The Morgan fingerprint density at radius 1 is 1.09 bits per heavy atom. The van der Waals surface area contributed by atoms with E-state index in [1.807, 2.05) is 36.4 Å². The molecule has 0 spiro atoms. The fourth-order valence-corrected chi connectivity index (χ4v) is 2.48. The molecule has 23 heavy (non-hydrogen) atoms. The van der Waals surface area contributed by atoms with E-state index in [9.17, 15) is 10.1 Å². The van der Waals surface area contributed by atoms with Crippen molar-refractivity contribution in [2.24, 2.45) is 5.73 Å². The molecule has 0 saturated carbocycles. The van der Waals surface area contributed by atoms with E-state index >= 15 is 0 Å². The van der Waals surface area contributed by atoms with Gasteiger partial charge in [0.1, 0.15) is 5.02 Å². The molecule has 2 N–H and O–H groups in total. The second-order valence-electron chi connectivity index (χ2n) is 5.03. The van der Waals surface area contributed by atoms with Crippen LogP contribution in [0, 0.1) is 10.1 Å². The van der Waals surface area contributed by atoms with E-state index < -0.39 is 4.92 Å². The van der Waals surface area contributed by atoms with E-state index in [1.165, 1.54) is 11.6 Å². The number of nitro groups is 1. The van der Waals surface area contributed by atoms with E-state index in [0.717, 1.165) is 12.1 Å². The molecule has 0 aliphatic rings. The van der Waals surface area contributed by atoms with Crippen LogP contribution in [0.4, 0.5) is 5.69 Å². The molecular formula is C16H19Cl2N3O2. The van der Waals surface area contributed by atoms with Crippen LogP contribution in [0.2, 0.25) is 5.02 Å². The molecule has 0 bridgehead atoms. The average molecular weight is 356 g/mol. The minimum absolute atomic E-state index is 0. The summed E-state index contributed by atoms with van der Waals surface area (Å²) in [5.41, 5.74) is 7.63. The normalized spacial score (nSPS) is 10.4. The molecule has 2 aromatic carbocycles. The van der Waals surface area contributed by atoms with E-state index in [-0.39, 0.29) is 23.1 Å². The Morgan fingerprint density at radius 2 is 1.74 bits per heavy atom. The summed E-state index contributed by atoms with van der Waals surface area (Å²) in [5, 5.41) is 11.1. The standard InChI is InChI=1S/C16H18ClN3O2.ClH/c17-15-7-6-14(10-16(15)20(21)22)12-19(9-8-18)11-13-4-2-1-3-5-13;/h1-7,10H,8-9,11-12,18H2;1H. The average Bonchev–Trinajstić information content (AvgIpc) is 2.50. The zero-order valence-corrected chi connectivity index (χ0v) is 14.1. The quantitative estimate of drug-likeness (QED) is 0.607. The summed E-state index contributed by atoms with van der Waals surface area (Å²) >= 11 is 5.84. The van der Waals surface area contributed by atoms with E-state index in [1.54, 1.807) is 6.07 Å². The molecule has 5 nitrogen and oxygen atoms in total. The maximum absolute atomic E-state index is 11.0. The molecule has 0 heterocycles. The molecule has 7 heteroatoms. The number of rotatable bonds is 7. The minimum Gasteiger partial charge on any atom is -0.329 e. The zero-order chi connectivity index (χ0) is 15.9. The van der Waals surface area contributed by atoms with Crippen LogP contribution < -0.4 is 5.73 Å². The highest BCUT2D eigenvalue weighted by molar-refractivity contribution is 6.32. The Hall–Kier alpha value is -1.66. The van der Waals surface area contributed by atoms with Crippen LogP contribution in [0.3, 0.4) is 0 Å². The predicted molar refractivity (Wildman–Crippen MR) is 95.0 cm³/mol. The number of benzene rings is 2. The molecule has 0 aromatic heterocycles. The Labute approximate surface area is 146 Å². The lowest BCUT2D eigenvalue weighted by Gasteiger charge is -2.21. The second kappa shape index (κ2) is 9.47. The molecule has 0 amide bonds. The van der Waals surface area contributed by atoms with Crippen molar-refractivity contribution in [3.8, 4) is 0 Å². The predicted octanol–water partition coefficient (Wildman–Crippen LogP) is 3.63. The van der Waals surface area contributed by atoms with Crippen molar-refractivity contribution in [3.63, 3.8) is 0 Å². The van der Waals surface area contributed by atoms with Crippen LogP contribution in [-0.2, 0) is 13.1 Å². The van der Waals surface area contributed by atoms with Gasteiger partial charge in [0.2, 0.25) is 0 Å². The fourth-order valence-electron chi connectivity index (χ4n) is 2.29. The van der Waals surface area contributed by atoms with Gasteiger partial charge in [-0.1, -0.05) is 48.0 Å². The molecule has 0 aliphatic carbocycles. The first kappa shape index (κ1) is 19.4. The van der Waals surface area contributed by atoms with Crippen molar-refractivity contribution in [3.05, 3.63) is 74.8 Å². The molecule has 0 aliphatic heterocycles. The maximum Gasteiger partial charge on any atom is 0.288 e. The van der Waals surface area contributed by atoms with Gasteiger partial charge in [-0.15, -0.1) is 12.4 Å². The van der Waals surface area contributed by atoms with Gasteiger partial charge in [0.25, 0.3) is 5.69 Å². The van der Waals surface area contributed by atoms with Gasteiger partial charge in [-0.25, -0.2) is 0 Å². The first-order valence-corrected chi connectivity index (χ1v) is 7.37. The van der Waals surface area contributed by atoms with Crippen molar-refractivity contribution in [2.45, 2.75) is 13.1 Å². The summed E-state index contributed by atoms with van der Waals surface area (Å²) in [7, 11) is 0. The third-order valence-corrected chi connectivity index (χ3v) is 3.63. The minimum atomic E-state index is -0.462. The lowest BCUT2D eigenvalue weighted by atomic mass is 10.1. The third-order valence-electron chi connectivity index (χ3n) is 3.31. The van der Waals surface area contributed by atoms with E-state index in [0.29, 0.717) is 19.6 Å². The van der Waals surface area contributed by atoms with Gasteiger partial charge >= 0.3 is 0 Å². The largest absolute Gasteiger partial charge is 0.329 e. The van der Waals surface area contributed by atoms with Crippen LogP contribution in [0.25, 0.3) is 0 Å². The Bertz CT molecular complexity index is 638. The second-order valence-corrected chi connectivity index (χ2v) is 5.44. The SMILES string of the molecule is Cl.NCCN(Cc1ccccc1)Cc1ccc(Cl)c([N+](=O)[O-])c1. The molecule has 2 rings (SSSR count). The van der Waals surface area contributed by atoms with Crippen molar-refractivity contribution in [1.82, 2.24) is 4.90 Å². The summed E-state index contributed by atoms with van der Waals surface area (Å²) in [5.74, 6) is 0. The van der Waals surface area contributed by atoms with E-state index in [2.05, 4.69) is 4.90 Å². The fraction of sp³-hybridized carbons (Fsp3) is 0.250. The van der Waals surface area contributed by atoms with Gasteiger partial charge in [0.05, 0.1) is 4.92 Å². The van der Waals surface area contributed by atoms with Crippen molar-refractivity contribution in [2.75, 3.05) is 13.1 Å². The Balaban J connectivity index is 0.00000264. The first-order valence-electron chi connectivity index (χ1n) is 6.99. The topological polar surface area (TPSA) is 72.4 Å². The van der Waals surface area contributed by atoms with Gasteiger partial charge in [0, 0.05) is 32.2 Å². The molecule has 2 aromatic rings. The van der Waals surface area contributed by atoms with Gasteiger partial charge in [0.15, 0.2) is 0 Å². The highest BCUT2D eigenvalue weighted by atomic mass is 35.5. The van der Waals surface area contributed by atoms with Crippen molar-refractivity contribution in [1.29, 1.82) is 0 Å². The Morgan fingerprint density at radius 3 is 2.35 bits per heavy atom. The van der Waals surface area contributed by atoms with Crippen LogP contribution in [0.1, 0.15) is 11.1 Å². The molecule has 0 fully saturated rings. The lowest BCUT2D eigenvalue weighted by Crippen LogP contribution is -2.28.